The van der Waals surface area contributed by atoms with E-state index in [2.05, 4.69) is 15.6 Å². The van der Waals surface area contributed by atoms with Crippen molar-refractivity contribution in [2.24, 2.45) is 10.9 Å². The first-order valence-corrected chi connectivity index (χ1v) is 10.3. The number of fused-ring (bicyclic) bond motifs is 1. The molecule has 0 saturated carbocycles. The van der Waals surface area contributed by atoms with Gasteiger partial charge in [-0.2, -0.15) is 0 Å². The van der Waals surface area contributed by atoms with Crippen molar-refractivity contribution in [1.82, 2.24) is 15.6 Å². The molecule has 1 aromatic heterocycles. The molecule has 2 aromatic rings. The van der Waals surface area contributed by atoms with Gasteiger partial charge in [0.2, 0.25) is 0 Å². The Morgan fingerprint density at radius 1 is 1.29 bits per heavy atom. The van der Waals surface area contributed by atoms with Gasteiger partial charge in [-0.05, 0) is 36.8 Å². The summed E-state index contributed by atoms with van der Waals surface area (Å²) in [5, 5.41) is 7.00. The lowest BCUT2D eigenvalue weighted by molar-refractivity contribution is -0.116. The number of ketones is 1. The fourth-order valence-electron chi connectivity index (χ4n) is 3.76. The average Bonchev–Trinajstić information content (AvgIpc) is 3.13. The molecule has 1 fully saturated rings. The lowest BCUT2D eigenvalue weighted by Crippen LogP contribution is -2.43. The van der Waals surface area contributed by atoms with E-state index in [0.29, 0.717) is 23.7 Å². The highest BCUT2D eigenvalue weighted by molar-refractivity contribution is 8.13. The minimum absolute atomic E-state index is 0.120. The molecule has 2 N–H and O–H groups in total. The molecule has 0 aliphatic carbocycles. The molecule has 1 amide bonds. The molecule has 2 aliphatic rings. The number of nitrogens with zero attached hydrogens (tertiary/aromatic N) is 2. The zero-order chi connectivity index (χ0) is 19.6. The van der Waals surface area contributed by atoms with Crippen molar-refractivity contribution in [3.63, 3.8) is 0 Å². The molecule has 1 saturated heterocycles. The van der Waals surface area contributed by atoms with Crippen LogP contribution in [0.3, 0.4) is 0 Å². The van der Waals surface area contributed by atoms with Crippen molar-refractivity contribution >= 4 is 28.6 Å². The second-order valence-corrected chi connectivity index (χ2v) is 8.24. The average molecular weight is 395 g/mol. The van der Waals surface area contributed by atoms with Crippen LogP contribution < -0.4 is 10.6 Å². The Labute approximate surface area is 168 Å². The van der Waals surface area contributed by atoms with Crippen molar-refractivity contribution in [2.75, 3.05) is 18.8 Å². The maximum absolute atomic E-state index is 12.5. The predicted octanol–water partition coefficient (Wildman–Crippen LogP) is 2.16. The number of carbonyl (C=O) groups is 2. The lowest BCUT2D eigenvalue weighted by Gasteiger charge is -2.34. The van der Waals surface area contributed by atoms with Crippen LogP contribution in [-0.4, -0.2) is 40.7 Å². The topological polar surface area (TPSA) is 83.5 Å². The number of carbonyl (C=O) groups excluding carboxylic acids is 2. The van der Waals surface area contributed by atoms with Gasteiger partial charge in [-0.1, -0.05) is 30.0 Å². The quantitative estimate of drug-likeness (QED) is 0.830. The van der Waals surface area contributed by atoms with Crippen LogP contribution in [0.5, 0.6) is 0 Å². The number of benzene rings is 1. The SMILES string of the molecule is CC(=O)Cc1ccnc([C@]23CNC[C@H]2CSC(NC(=O)c2ccccc2)=N3)c1. The summed E-state index contributed by atoms with van der Waals surface area (Å²) in [6.45, 7) is 3.11. The van der Waals surface area contributed by atoms with Gasteiger partial charge >= 0.3 is 0 Å². The highest BCUT2D eigenvalue weighted by Gasteiger charge is 2.48. The molecule has 28 heavy (non-hydrogen) atoms. The van der Waals surface area contributed by atoms with E-state index in [-0.39, 0.29) is 17.6 Å². The van der Waals surface area contributed by atoms with E-state index in [1.54, 1.807) is 37.0 Å². The van der Waals surface area contributed by atoms with Crippen LogP contribution in [0, 0.1) is 5.92 Å². The third-order valence-electron chi connectivity index (χ3n) is 5.16. The van der Waals surface area contributed by atoms with Gasteiger partial charge in [-0.15, -0.1) is 0 Å². The minimum Gasteiger partial charge on any atom is -0.313 e. The van der Waals surface area contributed by atoms with E-state index >= 15 is 0 Å². The molecule has 6 nitrogen and oxygen atoms in total. The van der Waals surface area contributed by atoms with E-state index in [9.17, 15) is 9.59 Å². The van der Waals surface area contributed by atoms with Gasteiger partial charge in [0.05, 0.1) is 5.69 Å². The van der Waals surface area contributed by atoms with Crippen LogP contribution in [0.25, 0.3) is 0 Å². The number of thioether (sulfide) groups is 1. The van der Waals surface area contributed by atoms with E-state index in [0.717, 1.165) is 23.6 Å². The number of pyridine rings is 1. The van der Waals surface area contributed by atoms with E-state index in [4.69, 9.17) is 4.99 Å². The molecule has 7 heteroatoms. The second-order valence-electron chi connectivity index (χ2n) is 7.23. The first kappa shape index (κ1) is 18.8. The molecule has 1 aromatic carbocycles. The van der Waals surface area contributed by atoms with Gasteiger partial charge in [0, 0.05) is 42.9 Å². The molecular weight excluding hydrogens is 372 g/mol. The summed E-state index contributed by atoms with van der Waals surface area (Å²) in [5.74, 6) is 1.09. The van der Waals surface area contributed by atoms with E-state index in [1.807, 2.05) is 30.3 Å². The number of Topliss-reactive ketones (excluding diaryl/α,β-unsaturated/α-hetero) is 1. The van der Waals surface area contributed by atoms with Gasteiger partial charge in [-0.3, -0.25) is 14.6 Å². The van der Waals surface area contributed by atoms with Crippen molar-refractivity contribution in [2.45, 2.75) is 18.9 Å². The molecule has 2 atom stereocenters. The summed E-state index contributed by atoms with van der Waals surface area (Å²) in [6.07, 6.45) is 2.14. The summed E-state index contributed by atoms with van der Waals surface area (Å²) >= 11 is 1.57. The van der Waals surface area contributed by atoms with Crippen LogP contribution in [0.4, 0.5) is 0 Å². The van der Waals surface area contributed by atoms with Crippen molar-refractivity contribution in [3.8, 4) is 0 Å². The lowest BCUT2D eigenvalue weighted by atomic mass is 9.84. The Hall–Kier alpha value is -2.51. The Bertz CT molecular complexity index is 931. The Balaban J connectivity index is 1.65. The first-order valence-electron chi connectivity index (χ1n) is 9.31. The number of hydrogen-bond acceptors (Lipinski definition) is 6. The number of amides is 1. The van der Waals surface area contributed by atoms with Crippen molar-refractivity contribution < 1.29 is 9.59 Å². The summed E-state index contributed by atoms with van der Waals surface area (Å²) in [6, 6.07) is 13.0. The van der Waals surface area contributed by atoms with E-state index in [1.165, 1.54) is 0 Å². The molecule has 0 unspecified atom stereocenters. The minimum atomic E-state index is -0.517. The molecule has 144 valence electrons. The number of amidine groups is 1. The van der Waals surface area contributed by atoms with Gasteiger partial charge < -0.3 is 10.6 Å². The molecular formula is C21H22N4O2S. The van der Waals surface area contributed by atoms with Crippen LogP contribution in [0.2, 0.25) is 0 Å². The Morgan fingerprint density at radius 2 is 2.11 bits per heavy atom. The summed E-state index contributed by atoms with van der Waals surface area (Å²) in [7, 11) is 0. The number of hydrogen-bond donors (Lipinski definition) is 2. The number of aromatic nitrogens is 1. The van der Waals surface area contributed by atoms with E-state index < -0.39 is 5.54 Å². The van der Waals surface area contributed by atoms with Crippen LogP contribution >= 0.6 is 11.8 Å². The standard InChI is InChI=1S/C21H22N4O2S/c1-14(26)9-15-7-8-23-18(10-15)21-13-22-11-17(21)12-28-20(25-21)24-19(27)16-5-3-2-4-6-16/h2-8,10,17,22H,9,11-13H2,1H3,(H,24,25,27)/t17-,21-/m0/s1. The Morgan fingerprint density at radius 3 is 2.89 bits per heavy atom. The maximum Gasteiger partial charge on any atom is 0.257 e. The zero-order valence-electron chi connectivity index (χ0n) is 15.6. The van der Waals surface area contributed by atoms with Crippen LogP contribution in [-0.2, 0) is 16.8 Å². The fourth-order valence-corrected chi connectivity index (χ4v) is 4.90. The van der Waals surface area contributed by atoms with Gasteiger partial charge in [0.25, 0.3) is 5.91 Å². The second kappa shape index (κ2) is 7.85. The number of nitrogens with one attached hydrogen (secondary N) is 2. The molecule has 0 radical (unpaired) electrons. The van der Waals surface area contributed by atoms with Crippen molar-refractivity contribution in [3.05, 3.63) is 65.5 Å². The maximum atomic E-state index is 12.5. The zero-order valence-corrected chi connectivity index (χ0v) is 16.5. The smallest absolute Gasteiger partial charge is 0.257 e. The molecule has 2 aliphatic heterocycles. The monoisotopic (exact) mass is 394 g/mol. The summed E-state index contributed by atoms with van der Waals surface area (Å²) in [5.41, 5.74) is 1.89. The van der Waals surface area contributed by atoms with Crippen LogP contribution in [0.15, 0.2) is 53.7 Å². The Kier molecular flexibility index (Phi) is 5.28. The highest BCUT2D eigenvalue weighted by Crippen LogP contribution is 2.42. The van der Waals surface area contributed by atoms with Gasteiger partial charge in [-0.25, -0.2) is 4.99 Å². The normalized spacial score (nSPS) is 23.6. The fraction of sp³-hybridized carbons (Fsp3) is 0.333. The van der Waals surface area contributed by atoms with Crippen molar-refractivity contribution in [1.29, 1.82) is 0 Å². The molecule has 0 bridgehead atoms. The molecule has 3 heterocycles. The number of aliphatic imine (C=N–C) groups is 1. The van der Waals surface area contributed by atoms with Crippen LogP contribution in [0.1, 0.15) is 28.5 Å². The van der Waals surface area contributed by atoms with Gasteiger partial charge in [0.15, 0.2) is 5.17 Å². The molecule has 0 spiro atoms. The third kappa shape index (κ3) is 3.72. The van der Waals surface area contributed by atoms with Gasteiger partial charge in [0.1, 0.15) is 11.3 Å². The molecule has 4 rings (SSSR count). The predicted molar refractivity (Wildman–Crippen MR) is 110 cm³/mol. The summed E-state index contributed by atoms with van der Waals surface area (Å²) < 4.78 is 0. The largest absolute Gasteiger partial charge is 0.313 e. The third-order valence-corrected chi connectivity index (χ3v) is 6.20. The highest BCUT2D eigenvalue weighted by atomic mass is 32.2. The number of rotatable bonds is 4. The first-order chi connectivity index (χ1) is 13.6. The summed E-state index contributed by atoms with van der Waals surface area (Å²) in [4.78, 5) is 33.6.